The van der Waals surface area contributed by atoms with Crippen LogP contribution in [0.5, 0.6) is 0 Å². The van der Waals surface area contributed by atoms with Crippen LogP contribution in [0.25, 0.3) is 0 Å². The van der Waals surface area contributed by atoms with Gasteiger partial charge in [0, 0.05) is 0 Å². The van der Waals surface area contributed by atoms with E-state index in [9.17, 15) is 48.6 Å². The lowest BCUT2D eigenvalue weighted by molar-refractivity contribution is 0.0649. The Bertz CT molecular complexity index is 2020. The van der Waals surface area contributed by atoms with Gasteiger partial charge in [-0.05, 0) is 66.1 Å². The van der Waals surface area contributed by atoms with Crippen molar-refractivity contribution in [2.45, 2.75) is 6.42 Å². The van der Waals surface area contributed by atoms with Crippen molar-refractivity contribution in [3.05, 3.63) is 128 Å². The van der Waals surface area contributed by atoms with E-state index >= 15 is 0 Å². The van der Waals surface area contributed by atoms with Gasteiger partial charge >= 0.3 is 47.8 Å². The van der Waals surface area contributed by atoms with Crippen LogP contribution in [0, 0.1) is 0 Å². The van der Waals surface area contributed by atoms with Crippen LogP contribution in [0.15, 0.2) is 83.0 Å². The second kappa shape index (κ2) is 15.9. The van der Waals surface area contributed by atoms with Crippen molar-refractivity contribution < 1.29 is 79.2 Å². The SMILES string of the molecule is O=C(O)c1ccc(N=Nc2ccc(C(=O)O)c(C(=O)O)c2)cc1C(=O)O.O=C(O)c1cccc(Cc2cccc(C(=O)O)c2C(=O)O)c1C(=O)O. The van der Waals surface area contributed by atoms with Gasteiger partial charge in [0.2, 0.25) is 0 Å². The van der Waals surface area contributed by atoms with Crippen LogP contribution in [-0.4, -0.2) is 88.6 Å². The van der Waals surface area contributed by atoms with E-state index < -0.39 is 92.3 Å². The molecule has 0 aromatic heterocycles. The number of carboxylic acids is 8. The molecule has 0 aliphatic rings. The lowest BCUT2D eigenvalue weighted by Crippen LogP contribution is -2.14. The van der Waals surface area contributed by atoms with Crippen molar-refractivity contribution in [1.82, 2.24) is 0 Å². The Balaban J connectivity index is 0.000000276. The number of carboxylic acid groups (broad SMARTS) is 8. The summed E-state index contributed by atoms with van der Waals surface area (Å²) in [6.45, 7) is 0. The molecule has 0 aliphatic heterocycles. The third-order valence-electron chi connectivity index (χ3n) is 6.78. The molecule has 0 aliphatic carbocycles. The molecule has 18 heteroatoms. The second-order valence-corrected chi connectivity index (χ2v) is 9.96. The molecule has 0 radical (unpaired) electrons. The number of azo groups is 1. The minimum atomic E-state index is -1.47. The summed E-state index contributed by atoms with van der Waals surface area (Å²) >= 11 is 0. The van der Waals surface area contributed by atoms with E-state index in [0.29, 0.717) is 0 Å². The molecular weight excluding hydrogens is 680 g/mol. The van der Waals surface area contributed by atoms with Crippen molar-refractivity contribution in [3.63, 3.8) is 0 Å². The van der Waals surface area contributed by atoms with E-state index in [-0.39, 0.29) is 28.9 Å². The molecule has 8 N–H and O–H groups in total. The van der Waals surface area contributed by atoms with Crippen LogP contribution in [0.1, 0.15) is 94.0 Å². The Kier molecular flexibility index (Phi) is 11.7. The average Bonchev–Trinajstić information content (AvgIpc) is 3.06. The molecule has 0 saturated carbocycles. The molecule has 4 aromatic carbocycles. The predicted octanol–water partition coefficient (Wildman–Crippen LogP) is 4.97. The molecule has 0 unspecified atom stereocenters. The van der Waals surface area contributed by atoms with Crippen molar-refractivity contribution in [2.24, 2.45) is 10.2 Å². The molecule has 0 bridgehead atoms. The third kappa shape index (κ3) is 8.99. The van der Waals surface area contributed by atoms with Crippen LogP contribution in [0.4, 0.5) is 11.4 Å². The Labute approximate surface area is 283 Å². The maximum atomic E-state index is 11.5. The van der Waals surface area contributed by atoms with E-state index in [0.717, 1.165) is 36.4 Å². The number of rotatable bonds is 12. The highest BCUT2D eigenvalue weighted by molar-refractivity contribution is 6.05. The van der Waals surface area contributed by atoms with E-state index in [1.54, 1.807) is 0 Å². The first-order valence-electron chi connectivity index (χ1n) is 13.7. The fourth-order valence-electron chi connectivity index (χ4n) is 4.59. The topological polar surface area (TPSA) is 323 Å². The van der Waals surface area contributed by atoms with Gasteiger partial charge in [-0.2, -0.15) is 10.2 Å². The van der Waals surface area contributed by atoms with Crippen LogP contribution in [-0.2, 0) is 6.42 Å². The molecule has 0 heterocycles. The number of hydrogen-bond acceptors (Lipinski definition) is 10. The van der Waals surface area contributed by atoms with Gasteiger partial charge in [0.25, 0.3) is 0 Å². The molecule has 0 spiro atoms. The van der Waals surface area contributed by atoms with Gasteiger partial charge < -0.3 is 40.9 Å². The van der Waals surface area contributed by atoms with Gasteiger partial charge in [-0.1, -0.05) is 24.3 Å². The third-order valence-corrected chi connectivity index (χ3v) is 6.78. The fourth-order valence-corrected chi connectivity index (χ4v) is 4.59. The smallest absolute Gasteiger partial charge is 0.336 e. The Hall–Kier alpha value is -7.76. The van der Waals surface area contributed by atoms with E-state index in [4.69, 9.17) is 30.6 Å². The zero-order chi connectivity index (χ0) is 38.2. The number of aromatic carboxylic acids is 8. The maximum absolute atomic E-state index is 11.5. The standard InChI is InChI=1S/C17H12O8.C16H10N2O8/c18-14(19)10-5-1-3-8(12(10)16(22)23)7-9-4-2-6-11(15(20)21)13(9)17(24)25;19-13(20)9-3-1-7(5-11(9)15(23)24)17-18-8-2-4-10(14(21)22)12(6-8)16(25)26/h1-6H,7H2,(H,18,19)(H,20,21)(H,22,23)(H,24,25);1-6H,(H,19,20)(H,21,22)(H,23,24)(H,25,26). The summed E-state index contributed by atoms with van der Waals surface area (Å²) in [6.07, 6.45) is -0.245. The van der Waals surface area contributed by atoms with Gasteiger partial charge in [-0.3, -0.25) is 0 Å². The van der Waals surface area contributed by atoms with Crippen molar-refractivity contribution in [2.75, 3.05) is 0 Å². The monoisotopic (exact) mass is 702 g/mol. The first kappa shape index (κ1) is 37.7. The van der Waals surface area contributed by atoms with Gasteiger partial charge in [-0.25, -0.2) is 38.4 Å². The molecule has 0 fully saturated rings. The van der Waals surface area contributed by atoms with Crippen LogP contribution >= 0.6 is 0 Å². The first-order valence-corrected chi connectivity index (χ1v) is 13.7. The summed E-state index contributed by atoms with van der Waals surface area (Å²) in [5, 5.41) is 80.3. The highest BCUT2D eigenvalue weighted by atomic mass is 16.4. The summed E-state index contributed by atoms with van der Waals surface area (Å²) in [4.78, 5) is 89.5. The Morgan fingerprint density at radius 3 is 0.961 bits per heavy atom. The average molecular weight is 703 g/mol. The van der Waals surface area contributed by atoms with Gasteiger partial charge in [0.15, 0.2) is 0 Å². The van der Waals surface area contributed by atoms with Crippen molar-refractivity contribution in [3.8, 4) is 0 Å². The Morgan fingerprint density at radius 1 is 0.373 bits per heavy atom. The van der Waals surface area contributed by atoms with Crippen LogP contribution < -0.4 is 0 Å². The lowest BCUT2D eigenvalue weighted by atomic mass is 9.91. The zero-order valence-electron chi connectivity index (χ0n) is 25.4. The minimum Gasteiger partial charge on any atom is -0.478 e. The quantitative estimate of drug-likeness (QED) is 0.0903. The predicted molar refractivity (Wildman–Crippen MR) is 168 cm³/mol. The Morgan fingerprint density at radius 2 is 0.686 bits per heavy atom. The number of hydrogen-bond donors (Lipinski definition) is 8. The van der Waals surface area contributed by atoms with E-state index in [1.807, 2.05) is 0 Å². The summed E-state index contributed by atoms with van der Waals surface area (Å²) in [5.41, 5.74) is -3.44. The van der Waals surface area contributed by atoms with Gasteiger partial charge in [0.1, 0.15) is 0 Å². The molecule has 0 atom stereocenters. The summed E-state index contributed by atoms with van der Waals surface area (Å²) in [6, 6.07) is 14.2. The second-order valence-electron chi connectivity index (χ2n) is 9.96. The minimum absolute atomic E-state index is 0.0200. The number of carbonyl (C=O) groups is 8. The summed E-state index contributed by atoms with van der Waals surface area (Å²) in [5.74, 6) is -11.6. The molecule has 18 nitrogen and oxygen atoms in total. The molecule has 4 rings (SSSR count). The van der Waals surface area contributed by atoms with Crippen molar-refractivity contribution in [1.29, 1.82) is 0 Å². The van der Waals surface area contributed by atoms with Gasteiger partial charge in [0.05, 0.1) is 55.9 Å². The number of nitrogens with zero attached hydrogens (tertiary/aromatic N) is 2. The fraction of sp³-hybridized carbons (Fsp3) is 0.0303. The van der Waals surface area contributed by atoms with E-state index in [1.165, 1.54) is 36.4 Å². The highest BCUT2D eigenvalue weighted by Crippen LogP contribution is 2.25. The molecule has 0 saturated heterocycles. The first-order chi connectivity index (χ1) is 23.9. The molecule has 260 valence electrons. The van der Waals surface area contributed by atoms with Gasteiger partial charge in [-0.15, -0.1) is 0 Å². The normalized spacial score (nSPS) is 10.4. The summed E-state index contributed by atoms with van der Waals surface area (Å²) in [7, 11) is 0. The van der Waals surface area contributed by atoms with Crippen LogP contribution in [0.3, 0.4) is 0 Å². The molecule has 51 heavy (non-hydrogen) atoms. The maximum Gasteiger partial charge on any atom is 0.336 e. The highest BCUT2D eigenvalue weighted by Gasteiger charge is 2.24. The largest absolute Gasteiger partial charge is 0.478 e. The van der Waals surface area contributed by atoms with Crippen LogP contribution in [0.2, 0.25) is 0 Å². The molecular formula is C33H22N2O16. The lowest BCUT2D eigenvalue weighted by Gasteiger charge is -2.12. The molecule has 0 amide bonds. The number of benzene rings is 4. The van der Waals surface area contributed by atoms with Crippen molar-refractivity contribution >= 4 is 59.1 Å². The molecule has 4 aromatic rings. The van der Waals surface area contributed by atoms with E-state index in [2.05, 4.69) is 10.2 Å². The zero-order valence-corrected chi connectivity index (χ0v) is 25.4. The summed E-state index contributed by atoms with van der Waals surface area (Å²) < 4.78 is 0.